The smallest absolute Gasteiger partial charge is 0.0881 e. The van der Waals surface area contributed by atoms with Crippen molar-refractivity contribution in [2.45, 2.75) is 30.9 Å². The van der Waals surface area contributed by atoms with Crippen LogP contribution < -0.4 is 5.32 Å². The molecular formula is C15H21NOS. The van der Waals surface area contributed by atoms with Gasteiger partial charge in [-0.15, -0.1) is 11.8 Å². The van der Waals surface area contributed by atoms with Gasteiger partial charge in [-0.1, -0.05) is 31.5 Å². The molecule has 18 heavy (non-hydrogen) atoms. The van der Waals surface area contributed by atoms with Gasteiger partial charge in [0.2, 0.25) is 0 Å². The Morgan fingerprint density at radius 2 is 2.11 bits per heavy atom. The van der Waals surface area contributed by atoms with E-state index in [1.165, 1.54) is 17.6 Å². The Hall–Kier alpha value is -0.930. The lowest BCUT2D eigenvalue weighted by Gasteiger charge is -2.38. The van der Waals surface area contributed by atoms with Gasteiger partial charge in [-0.3, -0.25) is 0 Å². The van der Waals surface area contributed by atoms with Crippen LogP contribution in [0.5, 0.6) is 0 Å². The van der Waals surface area contributed by atoms with E-state index in [-0.39, 0.29) is 11.4 Å². The molecule has 0 radical (unpaired) electrons. The number of para-hydroxylation sites is 1. The fourth-order valence-electron chi connectivity index (χ4n) is 2.55. The Labute approximate surface area is 113 Å². The third kappa shape index (κ3) is 2.17. The van der Waals surface area contributed by atoms with Crippen molar-refractivity contribution in [1.29, 1.82) is 0 Å². The molecule has 0 aromatic heterocycles. The second-order valence-electron chi connectivity index (χ2n) is 4.65. The molecule has 0 saturated heterocycles. The van der Waals surface area contributed by atoms with Gasteiger partial charge >= 0.3 is 0 Å². The number of fused-ring (bicyclic) bond motifs is 1. The van der Waals surface area contributed by atoms with Crippen LogP contribution in [0.4, 0.5) is 5.69 Å². The van der Waals surface area contributed by atoms with Crippen LogP contribution in [-0.4, -0.2) is 18.0 Å². The molecule has 0 bridgehead atoms. The molecule has 1 aliphatic rings. The first-order valence-electron chi connectivity index (χ1n) is 6.50. The number of aliphatic hydroxyl groups is 1. The van der Waals surface area contributed by atoms with E-state index in [1.54, 1.807) is 11.8 Å². The van der Waals surface area contributed by atoms with Gasteiger partial charge in [0.05, 0.1) is 11.4 Å². The predicted octanol–water partition coefficient (Wildman–Crippen LogP) is 3.74. The van der Waals surface area contributed by atoms with E-state index >= 15 is 0 Å². The molecule has 1 unspecified atom stereocenters. The van der Waals surface area contributed by atoms with Crippen LogP contribution in [-0.2, 0) is 4.75 Å². The normalized spacial score (nSPS) is 22.1. The van der Waals surface area contributed by atoms with Crippen LogP contribution >= 0.6 is 11.8 Å². The highest BCUT2D eigenvalue weighted by Gasteiger charge is 2.38. The molecule has 2 N–H and O–H groups in total. The molecule has 1 aliphatic heterocycles. The van der Waals surface area contributed by atoms with Crippen molar-refractivity contribution < 1.29 is 5.11 Å². The summed E-state index contributed by atoms with van der Waals surface area (Å²) < 4.78 is -0.267. The summed E-state index contributed by atoms with van der Waals surface area (Å²) in [6, 6.07) is 8.26. The summed E-state index contributed by atoms with van der Waals surface area (Å²) in [6.07, 6.45) is 7.55. The van der Waals surface area contributed by atoms with Crippen molar-refractivity contribution in [2.75, 3.05) is 18.2 Å². The molecule has 98 valence electrons. The topological polar surface area (TPSA) is 32.3 Å². The van der Waals surface area contributed by atoms with Crippen LogP contribution in [0.15, 0.2) is 36.0 Å². The number of hydrogen-bond donors (Lipinski definition) is 2. The number of aliphatic hydroxyl groups excluding tert-OH is 1. The lowest BCUT2D eigenvalue weighted by Crippen LogP contribution is -2.33. The van der Waals surface area contributed by atoms with Crippen LogP contribution in [0.25, 0.3) is 0 Å². The summed E-state index contributed by atoms with van der Waals surface area (Å²) in [6.45, 7) is 2.35. The maximum absolute atomic E-state index is 9.97. The molecule has 1 heterocycles. The first-order chi connectivity index (χ1) is 8.78. The summed E-state index contributed by atoms with van der Waals surface area (Å²) in [5.74, 6) is 0. The van der Waals surface area contributed by atoms with Gasteiger partial charge in [0.25, 0.3) is 0 Å². The highest BCUT2D eigenvalue weighted by atomic mass is 32.2. The Morgan fingerprint density at radius 1 is 1.33 bits per heavy atom. The largest absolute Gasteiger partial charge is 0.394 e. The molecule has 0 saturated carbocycles. The molecule has 1 aromatic carbocycles. The number of unbranched alkanes of at least 4 members (excludes halogenated alkanes) is 1. The van der Waals surface area contributed by atoms with Crippen molar-refractivity contribution in [3.8, 4) is 0 Å². The number of rotatable bonds is 5. The van der Waals surface area contributed by atoms with E-state index in [1.807, 2.05) is 12.1 Å². The molecule has 0 fully saturated rings. The number of hydrogen-bond acceptors (Lipinski definition) is 3. The van der Waals surface area contributed by atoms with Crippen molar-refractivity contribution >= 4 is 17.4 Å². The van der Waals surface area contributed by atoms with Crippen LogP contribution in [0.1, 0.15) is 31.7 Å². The third-order valence-electron chi connectivity index (χ3n) is 3.65. The Kier molecular flexibility index (Phi) is 4.36. The highest BCUT2D eigenvalue weighted by molar-refractivity contribution is 7.99. The molecule has 3 heteroatoms. The van der Waals surface area contributed by atoms with Crippen LogP contribution in [0.3, 0.4) is 0 Å². The van der Waals surface area contributed by atoms with Crippen molar-refractivity contribution in [2.24, 2.45) is 0 Å². The van der Waals surface area contributed by atoms with Gasteiger partial charge in [0, 0.05) is 11.9 Å². The minimum atomic E-state index is -0.267. The fraction of sp³-hybridized carbons (Fsp3) is 0.467. The molecule has 1 aromatic rings. The zero-order valence-corrected chi connectivity index (χ0v) is 11.9. The summed E-state index contributed by atoms with van der Waals surface area (Å²) >= 11 is 1.74. The average molecular weight is 263 g/mol. The summed E-state index contributed by atoms with van der Waals surface area (Å²) in [7, 11) is 0. The van der Waals surface area contributed by atoms with Crippen LogP contribution in [0, 0.1) is 0 Å². The van der Waals surface area contributed by atoms with Gasteiger partial charge in [-0.2, -0.15) is 0 Å². The van der Waals surface area contributed by atoms with Gasteiger partial charge < -0.3 is 10.4 Å². The number of anilines is 1. The van der Waals surface area contributed by atoms with E-state index in [0.717, 1.165) is 18.5 Å². The lowest BCUT2D eigenvalue weighted by molar-refractivity contribution is 0.262. The van der Waals surface area contributed by atoms with Crippen molar-refractivity contribution in [3.05, 3.63) is 41.6 Å². The second-order valence-corrected chi connectivity index (χ2v) is 5.76. The predicted molar refractivity (Wildman–Crippen MR) is 80.0 cm³/mol. The van der Waals surface area contributed by atoms with E-state index < -0.39 is 0 Å². The number of benzene rings is 1. The Morgan fingerprint density at radius 3 is 2.78 bits per heavy atom. The molecule has 0 aliphatic carbocycles. The molecule has 2 rings (SSSR count). The van der Waals surface area contributed by atoms with Gasteiger partial charge in [0.15, 0.2) is 0 Å². The van der Waals surface area contributed by atoms with Gasteiger partial charge in [-0.25, -0.2) is 0 Å². The molecular weight excluding hydrogens is 242 g/mol. The maximum atomic E-state index is 9.97. The summed E-state index contributed by atoms with van der Waals surface area (Å²) in [4.78, 5) is 0. The number of nitrogens with one attached hydrogen (secondary N) is 1. The molecule has 2 nitrogen and oxygen atoms in total. The zero-order valence-electron chi connectivity index (χ0n) is 11.1. The molecule has 0 amide bonds. The van der Waals surface area contributed by atoms with E-state index in [2.05, 4.69) is 36.8 Å². The number of thioether (sulfide) groups is 1. The third-order valence-corrected chi connectivity index (χ3v) is 4.96. The second kappa shape index (κ2) is 5.81. The SMILES string of the molecule is CCCCC1=CNc2ccccc2C1(CO)SC. The highest BCUT2D eigenvalue weighted by Crippen LogP contribution is 2.48. The quantitative estimate of drug-likeness (QED) is 0.849. The van der Waals surface area contributed by atoms with E-state index in [4.69, 9.17) is 0 Å². The van der Waals surface area contributed by atoms with Crippen molar-refractivity contribution in [1.82, 2.24) is 0 Å². The fourth-order valence-corrected chi connectivity index (χ4v) is 3.50. The molecule has 1 atom stereocenters. The lowest BCUT2D eigenvalue weighted by atomic mass is 9.85. The zero-order chi connectivity index (χ0) is 13.0. The Bertz CT molecular complexity index is 438. The van der Waals surface area contributed by atoms with Gasteiger partial charge in [-0.05, 0) is 36.3 Å². The first-order valence-corrected chi connectivity index (χ1v) is 7.72. The van der Waals surface area contributed by atoms with Crippen molar-refractivity contribution in [3.63, 3.8) is 0 Å². The minimum absolute atomic E-state index is 0.155. The minimum Gasteiger partial charge on any atom is -0.394 e. The Balaban J connectivity index is 2.42. The summed E-state index contributed by atoms with van der Waals surface area (Å²) in [5.41, 5.74) is 3.62. The standard InChI is InChI=1S/C15H21NOS/c1-3-4-7-12-10-16-14-9-6-5-8-13(14)15(12,11-17)18-2/h5-6,8-10,16-17H,3-4,7,11H2,1-2H3. The van der Waals surface area contributed by atoms with E-state index in [9.17, 15) is 5.11 Å². The first kappa shape index (κ1) is 13.5. The molecule has 0 spiro atoms. The maximum Gasteiger partial charge on any atom is 0.0881 e. The van der Waals surface area contributed by atoms with E-state index in [0.29, 0.717) is 0 Å². The summed E-state index contributed by atoms with van der Waals surface area (Å²) in [5, 5.41) is 13.3. The van der Waals surface area contributed by atoms with Gasteiger partial charge in [0.1, 0.15) is 0 Å². The average Bonchev–Trinajstić information content (AvgIpc) is 2.44. The monoisotopic (exact) mass is 263 g/mol. The van der Waals surface area contributed by atoms with Crippen LogP contribution in [0.2, 0.25) is 0 Å².